The smallest absolute Gasteiger partial charge is 0.331 e. The zero-order chi connectivity index (χ0) is 48.9. The van der Waals surface area contributed by atoms with Crippen LogP contribution in [0.4, 0.5) is 0 Å². The quantitative estimate of drug-likeness (QED) is 0.0136. The Bertz CT molecular complexity index is 1270. The van der Waals surface area contributed by atoms with Gasteiger partial charge in [-0.1, -0.05) is 193 Å². The molecule has 15 heteroatoms. The number of aliphatic hydroxyl groups is 7. The number of carbonyl (C=O) groups is 2. The molecule has 0 radical (unpaired) electrons. The molecule has 7 N–H and O–H groups in total. The maximum atomic E-state index is 12.9. The molecule has 15 nitrogen and oxygen atoms in total. The van der Waals surface area contributed by atoms with Crippen molar-refractivity contribution < 1.29 is 73.8 Å². The molecule has 2 aliphatic heterocycles. The Labute approximate surface area is 403 Å². The van der Waals surface area contributed by atoms with Crippen molar-refractivity contribution in [2.24, 2.45) is 0 Å². The second kappa shape index (κ2) is 39.7. The van der Waals surface area contributed by atoms with Crippen LogP contribution in [0.1, 0.15) is 200 Å². The van der Waals surface area contributed by atoms with Crippen molar-refractivity contribution >= 4 is 11.9 Å². The number of carbonyl (C=O) groups excluding carboxylic acids is 2. The number of unbranched alkanes of at least 4 members (excludes halogenated alkanes) is 26. The molecule has 2 heterocycles. The minimum atomic E-state index is -1.78. The van der Waals surface area contributed by atoms with Gasteiger partial charge in [-0.15, -0.1) is 0 Å². The van der Waals surface area contributed by atoms with Gasteiger partial charge in [0.15, 0.2) is 18.7 Å². The Hall–Kier alpha value is -2.02. The maximum absolute atomic E-state index is 12.9. The van der Waals surface area contributed by atoms with Crippen molar-refractivity contribution in [1.29, 1.82) is 0 Å². The van der Waals surface area contributed by atoms with Gasteiger partial charge in [-0.25, -0.2) is 4.79 Å². The van der Waals surface area contributed by atoms with Crippen molar-refractivity contribution in [1.82, 2.24) is 0 Å². The lowest BCUT2D eigenvalue weighted by Crippen LogP contribution is -2.61. The van der Waals surface area contributed by atoms with E-state index in [4.69, 9.17) is 28.4 Å². The van der Waals surface area contributed by atoms with Gasteiger partial charge in [0, 0.05) is 12.5 Å². The van der Waals surface area contributed by atoms with E-state index in [9.17, 15) is 45.3 Å². The SMILES string of the molecule is CCCCCCCCCCCCC/C=C/C=C/C(=O)O[C@@H](COC(=O)CCCCCCCCCCCCCCCCCC)CO[C@@H]1O[C@H](CO[C@@H]2O[C@H](CO)[C@H](O)C(O)C2O)[C@H](O)C(O)C1O. The van der Waals surface area contributed by atoms with Gasteiger partial charge >= 0.3 is 11.9 Å². The summed E-state index contributed by atoms with van der Waals surface area (Å²) in [5, 5.41) is 72.0. The third kappa shape index (κ3) is 27.8. The summed E-state index contributed by atoms with van der Waals surface area (Å²) < 4.78 is 33.4. The lowest BCUT2D eigenvalue weighted by atomic mass is 9.98. The first-order chi connectivity index (χ1) is 32.5. The first kappa shape index (κ1) is 61.1. The molecule has 392 valence electrons. The molecule has 0 aromatic rings. The molecule has 0 aromatic heterocycles. The van der Waals surface area contributed by atoms with Crippen LogP contribution in [0.5, 0.6) is 0 Å². The summed E-state index contributed by atoms with van der Waals surface area (Å²) in [4.78, 5) is 25.6. The van der Waals surface area contributed by atoms with E-state index < -0.39 is 99.3 Å². The van der Waals surface area contributed by atoms with Crippen LogP contribution < -0.4 is 0 Å². The van der Waals surface area contributed by atoms with Gasteiger partial charge < -0.3 is 64.2 Å². The van der Waals surface area contributed by atoms with Gasteiger partial charge in [0.25, 0.3) is 0 Å². The molecule has 4 unspecified atom stereocenters. The van der Waals surface area contributed by atoms with Crippen LogP contribution in [0, 0.1) is 0 Å². The fourth-order valence-electron chi connectivity index (χ4n) is 8.42. The summed E-state index contributed by atoms with van der Waals surface area (Å²) in [6.45, 7) is 2.50. The summed E-state index contributed by atoms with van der Waals surface area (Å²) in [5.41, 5.74) is 0. The van der Waals surface area contributed by atoms with Crippen molar-refractivity contribution in [2.45, 2.75) is 268 Å². The number of ether oxygens (including phenoxy) is 6. The fraction of sp³-hybridized carbons (Fsp3) is 0.885. The Morgan fingerprint density at radius 1 is 0.507 bits per heavy atom. The molecular weight excluding hydrogens is 865 g/mol. The zero-order valence-electron chi connectivity index (χ0n) is 41.4. The zero-order valence-corrected chi connectivity index (χ0v) is 41.4. The van der Waals surface area contributed by atoms with Crippen molar-refractivity contribution in [2.75, 3.05) is 26.4 Å². The van der Waals surface area contributed by atoms with Crippen LogP contribution in [-0.2, 0) is 38.0 Å². The Morgan fingerprint density at radius 3 is 1.43 bits per heavy atom. The minimum Gasteiger partial charge on any atom is -0.462 e. The number of aliphatic hydroxyl groups excluding tert-OH is 7. The highest BCUT2D eigenvalue weighted by Crippen LogP contribution is 2.26. The normalized spacial score (nSPS) is 26.1. The number of hydrogen-bond donors (Lipinski definition) is 7. The molecule has 0 aliphatic carbocycles. The van der Waals surface area contributed by atoms with Gasteiger partial charge in [-0.2, -0.15) is 0 Å². The third-order valence-electron chi connectivity index (χ3n) is 12.8. The molecule has 0 saturated carbocycles. The Kier molecular flexibility index (Phi) is 36.2. The van der Waals surface area contributed by atoms with Crippen LogP contribution in [0.15, 0.2) is 24.3 Å². The second-order valence-corrected chi connectivity index (χ2v) is 18.8. The van der Waals surface area contributed by atoms with E-state index in [2.05, 4.69) is 13.8 Å². The summed E-state index contributed by atoms with van der Waals surface area (Å²) in [6.07, 6.45) is 24.1. The fourth-order valence-corrected chi connectivity index (χ4v) is 8.42. The molecule has 2 rings (SSSR count). The van der Waals surface area contributed by atoms with Crippen LogP contribution in [0.2, 0.25) is 0 Å². The first-order valence-corrected chi connectivity index (χ1v) is 26.5. The van der Waals surface area contributed by atoms with Gasteiger partial charge in [0.2, 0.25) is 0 Å². The van der Waals surface area contributed by atoms with Crippen molar-refractivity contribution in [3.05, 3.63) is 24.3 Å². The van der Waals surface area contributed by atoms with Crippen molar-refractivity contribution in [3.8, 4) is 0 Å². The van der Waals surface area contributed by atoms with Gasteiger partial charge in [-0.05, 0) is 19.3 Å². The first-order valence-electron chi connectivity index (χ1n) is 26.5. The number of hydrogen-bond acceptors (Lipinski definition) is 15. The summed E-state index contributed by atoms with van der Waals surface area (Å²) in [5.74, 6) is -1.17. The molecule has 0 bridgehead atoms. The number of esters is 2. The molecule has 0 spiro atoms. The average molecular weight is 959 g/mol. The van der Waals surface area contributed by atoms with E-state index in [-0.39, 0.29) is 13.0 Å². The minimum absolute atomic E-state index is 0.203. The molecule has 2 fully saturated rings. The van der Waals surface area contributed by atoms with Crippen LogP contribution in [0.25, 0.3) is 0 Å². The van der Waals surface area contributed by atoms with Crippen LogP contribution >= 0.6 is 0 Å². The monoisotopic (exact) mass is 959 g/mol. The van der Waals surface area contributed by atoms with E-state index >= 15 is 0 Å². The summed E-state index contributed by atoms with van der Waals surface area (Å²) >= 11 is 0. The second-order valence-electron chi connectivity index (χ2n) is 18.8. The van der Waals surface area contributed by atoms with Gasteiger partial charge in [-0.3, -0.25) is 4.79 Å². The Balaban J connectivity index is 1.83. The molecule has 0 amide bonds. The maximum Gasteiger partial charge on any atom is 0.331 e. The molecule has 2 saturated heterocycles. The topological polar surface area (TPSA) is 231 Å². The predicted octanol–water partition coefficient (Wildman–Crippen LogP) is 7.55. The molecule has 11 atom stereocenters. The standard InChI is InChI=1S/C52H94O15/c1-3-5-7-9-11-13-15-17-19-21-22-24-26-28-30-32-34-43(54)62-37-40(65-44(55)35-33-31-29-27-25-23-20-18-16-14-12-10-8-6-4-2)38-63-51-50(61)48(59)46(57)42(67-51)39-64-52-49(60)47(58)45(56)41(36-53)66-52/h29,31,33,35,40-42,45-53,56-61H,3-28,30,32,34,36-39H2,1-2H3/b31-29+,35-33+/t40-,41+,42+,45-,46-,47?,48?,49?,50?,51+,52+/m0/s1. The number of allylic oxidation sites excluding steroid dienone is 3. The highest BCUT2D eigenvalue weighted by Gasteiger charge is 2.47. The largest absolute Gasteiger partial charge is 0.462 e. The molecule has 67 heavy (non-hydrogen) atoms. The highest BCUT2D eigenvalue weighted by molar-refractivity contribution is 5.82. The van der Waals surface area contributed by atoms with Crippen LogP contribution in [-0.4, -0.2) is 142 Å². The van der Waals surface area contributed by atoms with Gasteiger partial charge in [0.05, 0.1) is 19.8 Å². The molecule has 0 aromatic carbocycles. The average Bonchev–Trinajstić information content (AvgIpc) is 3.32. The van der Waals surface area contributed by atoms with E-state index in [1.54, 1.807) is 12.2 Å². The van der Waals surface area contributed by atoms with E-state index in [0.717, 1.165) is 38.5 Å². The predicted molar refractivity (Wildman–Crippen MR) is 257 cm³/mol. The van der Waals surface area contributed by atoms with E-state index in [1.165, 1.54) is 141 Å². The molecular formula is C52H94O15. The van der Waals surface area contributed by atoms with Crippen LogP contribution in [0.3, 0.4) is 0 Å². The molecule has 2 aliphatic rings. The summed E-state index contributed by atoms with van der Waals surface area (Å²) in [7, 11) is 0. The third-order valence-corrected chi connectivity index (χ3v) is 12.8. The lowest BCUT2D eigenvalue weighted by Gasteiger charge is -2.42. The van der Waals surface area contributed by atoms with Gasteiger partial charge in [0.1, 0.15) is 55.4 Å². The number of rotatable bonds is 41. The summed E-state index contributed by atoms with van der Waals surface area (Å²) in [6, 6.07) is 0. The van der Waals surface area contributed by atoms with E-state index in [0.29, 0.717) is 6.42 Å². The van der Waals surface area contributed by atoms with E-state index in [1.807, 2.05) is 6.08 Å². The highest BCUT2D eigenvalue weighted by atomic mass is 16.7. The Morgan fingerprint density at radius 2 is 0.940 bits per heavy atom. The van der Waals surface area contributed by atoms with Crippen molar-refractivity contribution in [3.63, 3.8) is 0 Å². The lowest BCUT2D eigenvalue weighted by molar-refractivity contribution is -0.332.